The van der Waals surface area contributed by atoms with Gasteiger partial charge in [-0.3, -0.25) is 10.2 Å². The van der Waals surface area contributed by atoms with Crippen LogP contribution in [0.1, 0.15) is 43.7 Å². The number of piperidine rings is 1. The lowest BCUT2D eigenvalue weighted by molar-refractivity contribution is 0.134. The number of sulfone groups is 1. The maximum Gasteiger partial charge on any atom is 0.175 e. The Bertz CT molecular complexity index is 699. The highest BCUT2D eigenvalue weighted by molar-refractivity contribution is 8.00. The predicted octanol–water partition coefficient (Wildman–Crippen LogP) is 3.06. The Morgan fingerprint density at radius 2 is 1.96 bits per heavy atom. The Hall–Kier alpha value is -0.560. The molecule has 3 saturated heterocycles. The summed E-state index contributed by atoms with van der Waals surface area (Å²) in [5.41, 5.74) is 1.22. The molecule has 0 aliphatic carbocycles. The van der Waals surface area contributed by atoms with Crippen LogP contribution in [0.2, 0.25) is 0 Å². The van der Waals surface area contributed by atoms with Crippen LogP contribution in [0, 0.1) is 5.92 Å². The van der Waals surface area contributed by atoms with Gasteiger partial charge >= 0.3 is 0 Å². The number of benzene rings is 1. The van der Waals surface area contributed by atoms with Gasteiger partial charge in [0.25, 0.3) is 0 Å². The molecule has 1 aromatic rings. The zero-order valence-electron chi connectivity index (χ0n) is 14.9. The third kappa shape index (κ3) is 3.92. The molecule has 0 bridgehead atoms. The van der Waals surface area contributed by atoms with Gasteiger partial charge in [-0.25, -0.2) is 8.42 Å². The number of nitrogens with zero attached hydrogens (tertiary/aromatic N) is 1. The quantitative estimate of drug-likeness (QED) is 0.870. The van der Waals surface area contributed by atoms with Crippen LogP contribution in [-0.4, -0.2) is 49.8 Å². The highest BCUT2D eigenvalue weighted by Gasteiger charge is 2.39. The van der Waals surface area contributed by atoms with Gasteiger partial charge in [-0.05, 0) is 61.5 Å². The van der Waals surface area contributed by atoms with E-state index in [1.54, 1.807) is 12.1 Å². The van der Waals surface area contributed by atoms with E-state index >= 15 is 0 Å². The molecule has 1 N–H and O–H groups in total. The number of rotatable bonds is 4. The number of likely N-dealkylation sites (tertiary alicyclic amines) is 1. The third-order valence-corrected chi connectivity index (χ3v) is 8.51. The first-order valence-corrected chi connectivity index (χ1v) is 12.4. The number of hydrogen-bond donors (Lipinski definition) is 1. The van der Waals surface area contributed by atoms with E-state index in [2.05, 4.69) is 22.0 Å². The standard InChI is InChI=1S/C19H28N2O2S2/c1-25(22,23)17-7-4-14(5-8-17)18-9-6-15-10-11-21(19(15)20-18)13-16-3-2-12-24-16/h4-5,7-8,15-16,18-20H,2-3,6,9-13H2,1H3. The molecule has 3 aliphatic rings. The fourth-order valence-corrected chi connectivity index (χ4v) is 6.53. The molecular formula is C19H28N2O2S2. The topological polar surface area (TPSA) is 49.4 Å². The molecular weight excluding hydrogens is 352 g/mol. The summed E-state index contributed by atoms with van der Waals surface area (Å²) in [7, 11) is -3.12. The van der Waals surface area contributed by atoms with Crippen molar-refractivity contribution in [1.29, 1.82) is 0 Å². The average molecular weight is 381 g/mol. The Morgan fingerprint density at radius 3 is 2.64 bits per heavy atom. The Labute approximate surface area is 155 Å². The van der Waals surface area contributed by atoms with Crippen molar-refractivity contribution in [2.24, 2.45) is 5.92 Å². The van der Waals surface area contributed by atoms with Gasteiger partial charge in [0, 0.05) is 30.6 Å². The van der Waals surface area contributed by atoms with Crippen molar-refractivity contribution in [1.82, 2.24) is 10.2 Å². The monoisotopic (exact) mass is 380 g/mol. The van der Waals surface area contributed by atoms with E-state index in [9.17, 15) is 8.42 Å². The second-order valence-electron chi connectivity index (χ2n) is 7.76. The molecule has 25 heavy (non-hydrogen) atoms. The Morgan fingerprint density at radius 1 is 1.16 bits per heavy atom. The minimum Gasteiger partial charge on any atom is -0.295 e. The van der Waals surface area contributed by atoms with Gasteiger partial charge < -0.3 is 0 Å². The third-order valence-electron chi connectivity index (χ3n) is 6.00. The van der Waals surface area contributed by atoms with Crippen LogP contribution in [0.25, 0.3) is 0 Å². The van der Waals surface area contributed by atoms with Crippen molar-refractivity contribution in [3.63, 3.8) is 0 Å². The highest BCUT2D eigenvalue weighted by atomic mass is 32.2. The molecule has 0 spiro atoms. The molecule has 4 nitrogen and oxygen atoms in total. The van der Waals surface area contributed by atoms with E-state index in [1.807, 2.05) is 12.1 Å². The van der Waals surface area contributed by atoms with E-state index in [0.717, 1.165) is 17.6 Å². The van der Waals surface area contributed by atoms with Crippen molar-refractivity contribution >= 4 is 21.6 Å². The molecule has 0 aromatic heterocycles. The highest BCUT2D eigenvalue weighted by Crippen LogP contribution is 2.38. The van der Waals surface area contributed by atoms with Crippen molar-refractivity contribution in [3.8, 4) is 0 Å². The minimum atomic E-state index is -3.12. The summed E-state index contributed by atoms with van der Waals surface area (Å²) in [4.78, 5) is 3.08. The average Bonchev–Trinajstić information content (AvgIpc) is 3.24. The molecule has 4 unspecified atom stereocenters. The van der Waals surface area contributed by atoms with Crippen LogP contribution < -0.4 is 5.32 Å². The molecule has 4 rings (SSSR count). The van der Waals surface area contributed by atoms with Crippen LogP contribution in [0.5, 0.6) is 0 Å². The zero-order valence-corrected chi connectivity index (χ0v) is 16.5. The summed E-state index contributed by atoms with van der Waals surface area (Å²) in [5, 5.41) is 4.70. The maximum atomic E-state index is 11.7. The van der Waals surface area contributed by atoms with Gasteiger partial charge in [0.2, 0.25) is 0 Å². The normalized spacial score (nSPS) is 33.5. The first kappa shape index (κ1) is 17.8. The Kier molecular flexibility index (Phi) is 5.15. The van der Waals surface area contributed by atoms with Crippen LogP contribution in [0.4, 0.5) is 0 Å². The summed E-state index contributed by atoms with van der Waals surface area (Å²) in [6.45, 7) is 2.44. The van der Waals surface area contributed by atoms with E-state index < -0.39 is 9.84 Å². The number of nitrogens with one attached hydrogen (secondary N) is 1. The van der Waals surface area contributed by atoms with E-state index in [4.69, 9.17) is 0 Å². The molecule has 1 aromatic carbocycles. The smallest absolute Gasteiger partial charge is 0.175 e. The molecule has 4 atom stereocenters. The lowest BCUT2D eigenvalue weighted by Gasteiger charge is -2.38. The first-order chi connectivity index (χ1) is 12.0. The molecule has 3 fully saturated rings. The largest absolute Gasteiger partial charge is 0.295 e. The fraction of sp³-hybridized carbons (Fsp3) is 0.684. The van der Waals surface area contributed by atoms with Crippen LogP contribution >= 0.6 is 11.8 Å². The molecule has 3 heterocycles. The number of thioether (sulfide) groups is 1. The fourth-order valence-electron chi connectivity index (χ4n) is 4.61. The molecule has 6 heteroatoms. The van der Waals surface area contributed by atoms with Crippen LogP contribution in [-0.2, 0) is 9.84 Å². The van der Waals surface area contributed by atoms with Crippen LogP contribution in [0.15, 0.2) is 29.2 Å². The lowest BCUT2D eigenvalue weighted by Crippen LogP contribution is -2.50. The van der Waals surface area contributed by atoms with E-state index in [1.165, 1.54) is 56.3 Å². The van der Waals surface area contributed by atoms with Crippen LogP contribution in [0.3, 0.4) is 0 Å². The van der Waals surface area contributed by atoms with Crippen molar-refractivity contribution in [3.05, 3.63) is 29.8 Å². The molecule has 0 saturated carbocycles. The first-order valence-electron chi connectivity index (χ1n) is 9.42. The second kappa shape index (κ2) is 7.22. The molecule has 0 amide bonds. The second-order valence-corrected chi connectivity index (χ2v) is 11.2. The van der Waals surface area contributed by atoms with Crippen molar-refractivity contribution in [2.75, 3.05) is 25.1 Å². The summed E-state index contributed by atoms with van der Waals surface area (Å²) >= 11 is 2.14. The summed E-state index contributed by atoms with van der Waals surface area (Å²) in [5.74, 6) is 2.10. The lowest BCUT2D eigenvalue weighted by atomic mass is 9.88. The van der Waals surface area contributed by atoms with Gasteiger partial charge in [-0.1, -0.05) is 12.1 Å². The van der Waals surface area contributed by atoms with E-state index in [-0.39, 0.29) is 0 Å². The van der Waals surface area contributed by atoms with Gasteiger partial charge in [-0.2, -0.15) is 11.8 Å². The predicted molar refractivity (Wildman–Crippen MR) is 104 cm³/mol. The van der Waals surface area contributed by atoms with Gasteiger partial charge in [0.05, 0.1) is 11.1 Å². The van der Waals surface area contributed by atoms with Gasteiger partial charge in [0.15, 0.2) is 9.84 Å². The molecule has 0 radical (unpaired) electrons. The van der Waals surface area contributed by atoms with Crippen molar-refractivity contribution < 1.29 is 8.42 Å². The molecule has 138 valence electrons. The SMILES string of the molecule is CS(=O)(=O)c1ccc(C2CCC3CCN(CC4CCCS4)C3N2)cc1. The van der Waals surface area contributed by atoms with Crippen molar-refractivity contribution in [2.45, 2.75) is 54.5 Å². The number of fused-ring (bicyclic) bond motifs is 1. The summed E-state index contributed by atoms with van der Waals surface area (Å²) in [6.07, 6.45) is 8.23. The summed E-state index contributed by atoms with van der Waals surface area (Å²) < 4.78 is 23.3. The zero-order chi connectivity index (χ0) is 17.4. The minimum absolute atomic E-state index is 0.340. The van der Waals surface area contributed by atoms with Gasteiger partial charge in [-0.15, -0.1) is 0 Å². The summed E-state index contributed by atoms with van der Waals surface area (Å²) in [6, 6.07) is 7.81. The van der Waals surface area contributed by atoms with Gasteiger partial charge in [0.1, 0.15) is 0 Å². The maximum absolute atomic E-state index is 11.7. The number of hydrogen-bond acceptors (Lipinski definition) is 5. The molecule has 3 aliphatic heterocycles. The Balaban J connectivity index is 1.44. The van der Waals surface area contributed by atoms with E-state index in [0.29, 0.717) is 17.1 Å².